The third-order valence-electron chi connectivity index (χ3n) is 6.91. The average Bonchev–Trinajstić information content (AvgIpc) is 2.64. The summed E-state index contributed by atoms with van der Waals surface area (Å²) in [6.45, 7) is -0.352. The SMILES string of the molecule is O=C1CN(C(=O)COC(=O)C2C3CC4CC(C3)CC2C4)c2ccccc2N1. The van der Waals surface area contributed by atoms with E-state index in [0.717, 1.165) is 37.5 Å². The molecule has 142 valence electrons. The van der Waals surface area contributed by atoms with Gasteiger partial charge in [-0.05, 0) is 67.9 Å². The van der Waals surface area contributed by atoms with E-state index in [2.05, 4.69) is 5.32 Å². The third kappa shape index (κ3) is 2.91. The fourth-order valence-electron chi connectivity index (χ4n) is 6.07. The first-order valence-corrected chi connectivity index (χ1v) is 9.94. The molecular formula is C21H24N2O4. The molecule has 1 aliphatic heterocycles. The van der Waals surface area contributed by atoms with Crippen molar-refractivity contribution in [3.63, 3.8) is 0 Å². The predicted molar refractivity (Wildman–Crippen MR) is 98.9 cm³/mol. The highest BCUT2D eigenvalue weighted by Gasteiger charge is 2.51. The minimum atomic E-state index is -0.352. The monoisotopic (exact) mass is 368 g/mol. The highest BCUT2D eigenvalue weighted by molar-refractivity contribution is 6.10. The summed E-state index contributed by atoms with van der Waals surface area (Å²) in [5, 5.41) is 2.76. The molecule has 0 atom stereocenters. The first-order chi connectivity index (χ1) is 13.1. The molecule has 2 amide bonds. The molecule has 5 aliphatic rings. The van der Waals surface area contributed by atoms with Gasteiger partial charge in [0.05, 0.1) is 17.3 Å². The van der Waals surface area contributed by atoms with Gasteiger partial charge in [-0.3, -0.25) is 19.3 Å². The molecule has 1 heterocycles. The molecule has 4 fully saturated rings. The summed E-state index contributed by atoms with van der Waals surface area (Å²) in [5.41, 5.74) is 1.25. The van der Waals surface area contributed by atoms with Crippen LogP contribution >= 0.6 is 0 Å². The maximum Gasteiger partial charge on any atom is 0.310 e. The van der Waals surface area contributed by atoms with E-state index < -0.39 is 0 Å². The lowest BCUT2D eigenvalue weighted by molar-refractivity contribution is -0.164. The second-order valence-corrected chi connectivity index (χ2v) is 8.61. The Balaban J connectivity index is 1.25. The highest BCUT2D eigenvalue weighted by Crippen LogP contribution is 2.56. The third-order valence-corrected chi connectivity index (χ3v) is 6.91. The molecule has 0 radical (unpaired) electrons. The Morgan fingerprint density at radius 2 is 1.70 bits per heavy atom. The van der Waals surface area contributed by atoms with Crippen LogP contribution in [-0.4, -0.2) is 30.9 Å². The Morgan fingerprint density at radius 3 is 2.41 bits per heavy atom. The van der Waals surface area contributed by atoms with Gasteiger partial charge in [0, 0.05) is 0 Å². The topological polar surface area (TPSA) is 75.7 Å². The molecule has 6 rings (SSSR count). The molecule has 0 unspecified atom stereocenters. The van der Waals surface area contributed by atoms with E-state index in [1.54, 1.807) is 18.2 Å². The van der Waals surface area contributed by atoms with E-state index >= 15 is 0 Å². The van der Waals surface area contributed by atoms with Crippen LogP contribution in [0.25, 0.3) is 0 Å². The number of rotatable bonds is 3. The van der Waals surface area contributed by atoms with Gasteiger partial charge in [0.15, 0.2) is 6.61 Å². The molecular weight excluding hydrogens is 344 g/mol. The van der Waals surface area contributed by atoms with Crippen molar-refractivity contribution in [2.45, 2.75) is 32.1 Å². The van der Waals surface area contributed by atoms with Crippen molar-refractivity contribution in [2.75, 3.05) is 23.4 Å². The lowest BCUT2D eigenvalue weighted by Gasteiger charge is -2.53. The molecule has 1 aromatic rings. The van der Waals surface area contributed by atoms with Crippen LogP contribution in [0.3, 0.4) is 0 Å². The smallest absolute Gasteiger partial charge is 0.310 e. The molecule has 0 saturated heterocycles. The first-order valence-electron chi connectivity index (χ1n) is 9.94. The van der Waals surface area contributed by atoms with Gasteiger partial charge >= 0.3 is 5.97 Å². The van der Waals surface area contributed by atoms with Gasteiger partial charge in [-0.15, -0.1) is 0 Å². The van der Waals surface area contributed by atoms with Gasteiger partial charge in [-0.2, -0.15) is 0 Å². The van der Waals surface area contributed by atoms with Crippen LogP contribution in [0.2, 0.25) is 0 Å². The van der Waals surface area contributed by atoms with E-state index in [1.807, 2.05) is 6.07 Å². The van der Waals surface area contributed by atoms with Crippen LogP contribution in [0.1, 0.15) is 32.1 Å². The van der Waals surface area contributed by atoms with Crippen molar-refractivity contribution >= 4 is 29.2 Å². The van der Waals surface area contributed by atoms with E-state index in [-0.39, 0.29) is 36.9 Å². The lowest BCUT2D eigenvalue weighted by atomic mass is 9.52. The van der Waals surface area contributed by atoms with E-state index in [9.17, 15) is 14.4 Å². The minimum absolute atomic E-state index is 0.0393. The van der Waals surface area contributed by atoms with Crippen molar-refractivity contribution < 1.29 is 19.1 Å². The van der Waals surface area contributed by atoms with E-state index in [0.29, 0.717) is 23.2 Å². The number of hydrogen-bond acceptors (Lipinski definition) is 4. The van der Waals surface area contributed by atoms with E-state index in [4.69, 9.17) is 4.74 Å². The Bertz CT molecular complexity index is 777. The van der Waals surface area contributed by atoms with Crippen LogP contribution in [-0.2, 0) is 19.1 Å². The fraction of sp³-hybridized carbons (Fsp3) is 0.571. The number of nitrogens with zero attached hydrogens (tertiary/aromatic N) is 1. The Kier molecular flexibility index (Phi) is 3.95. The molecule has 1 aromatic carbocycles. The summed E-state index contributed by atoms with van der Waals surface area (Å²) in [6.07, 6.45) is 5.89. The number of para-hydroxylation sites is 2. The molecule has 1 N–H and O–H groups in total. The number of nitrogens with one attached hydrogen (secondary N) is 1. The maximum absolute atomic E-state index is 12.8. The van der Waals surface area contributed by atoms with Crippen LogP contribution in [0.4, 0.5) is 11.4 Å². The Labute approximate surface area is 158 Å². The average molecular weight is 368 g/mol. The number of anilines is 2. The molecule has 6 heteroatoms. The van der Waals surface area contributed by atoms with Gasteiger partial charge in [0.1, 0.15) is 6.54 Å². The molecule has 0 aromatic heterocycles. The number of benzene rings is 1. The molecule has 6 nitrogen and oxygen atoms in total. The standard InChI is InChI=1S/C21H24N2O4/c24-18-10-23(17-4-2-1-3-16(17)22-18)19(25)11-27-21(26)20-14-6-12-5-13(8-14)9-15(20)7-12/h1-4,12-15,20H,5-11H2,(H,22,24). The minimum Gasteiger partial charge on any atom is -0.455 e. The quantitative estimate of drug-likeness (QED) is 0.832. The number of hydrogen-bond donors (Lipinski definition) is 1. The fourth-order valence-corrected chi connectivity index (χ4v) is 6.07. The second kappa shape index (κ2) is 6.36. The van der Waals surface area contributed by atoms with Crippen molar-refractivity contribution in [1.82, 2.24) is 0 Å². The summed E-state index contributed by atoms with van der Waals surface area (Å²) in [7, 11) is 0. The van der Waals surface area contributed by atoms with Gasteiger partial charge in [-0.25, -0.2) is 0 Å². The molecule has 4 bridgehead atoms. The van der Waals surface area contributed by atoms with Gasteiger partial charge in [0.2, 0.25) is 5.91 Å². The number of fused-ring (bicyclic) bond motifs is 1. The summed E-state index contributed by atoms with van der Waals surface area (Å²) < 4.78 is 5.47. The Hall–Kier alpha value is -2.37. The van der Waals surface area contributed by atoms with Crippen molar-refractivity contribution in [3.05, 3.63) is 24.3 Å². The normalized spacial score (nSPS) is 33.4. The largest absolute Gasteiger partial charge is 0.455 e. The summed E-state index contributed by atoms with van der Waals surface area (Å²) in [5.74, 6) is 1.61. The number of carbonyl (C=O) groups is 3. The van der Waals surface area contributed by atoms with Crippen molar-refractivity contribution in [3.8, 4) is 0 Å². The zero-order chi connectivity index (χ0) is 18.5. The summed E-state index contributed by atoms with van der Waals surface area (Å²) >= 11 is 0. The molecule has 4 saturated carbocycles. The van der Waals surface area contributed by atoms with Crippen LogP contribution in [0, 0.1) is 29.6 Å². The summed E-state index contributed by atoms with van der Waals surface area (Å²) in [4.78, 5) is 38.7. The predicted octanol–water partition coefficient (Wildman–Crippen LogP) is 2.59. The molecule has 4 aliphatic carbocycles. The van der Waals surface area contributed by atoms with Crippen LogP contribution < -0.4 is 10.2 Å². The number of esters is 1. The zero-order valence-corrected chi connectivity index (χ0v) is 15.2. The van der Waals surface area contributed by atoms with Crippen molar-refractivity contribution in [1.29, 1.82) is 0 Å². The number of carbonyl (C=O) groups excluding carboxylic acids is 3. The summed E-state index contributed by atoms with van der Waals surface area (Å²) in [6, 6.07) is 7.16. The van der Waals surface area contributed by atoms with Gasteiger partial charge in [-0.1, -0.05) is 12.1 Å². The second-order valence-electron chi connectivity index (χ2n) is 8.61. The van der Waals surface area contributed by atoms with Gasteiger partial charge in [0.25, 0.3) is 5.91 Å². The van der Waals surface area contributed by atoms with Gasteiger partial charge < -0.3 is 10.1 Å². The van der Waals surface area contributed by atoms with Crippen LogP contribution in [0.5, 0.6) is 0 Å². The van der Waals surface area contributed by atoms with Crippen molar-refractivity contribution in [2.24, 2.45) is 29.6 Å². The zero-order valence-electron chi connectivity index (χ0n) is 15.2. The van der Waals surface area contributed by atoms with E-state index in [1.165, 1.54) is 11.3 Å². The van der Waals surface area contributed by atoms with Crippen LogP contribution in [0.15, 0.2) is 24.3 Å². The first kappa shape index (κ1) is 16.8. The Morgan fingerprint density at radius 1 is 1.04 bits per heavy atom. The number of amides is 2. The molecule has 27 heavy (non-hydrogen) atoms. The lowest BCUT2D eigenvalue weighted by Crippen LogP contribution is -2.49. The molecule has 0 spiro atoms. The highest BCUT2D eigenvalue weighted by atomic mass is 16.5. The maximum atomic E-state index is 12.8. The number of ether oxygens (including phenoxy) is 1.